The molecule has 1 heterocycles. The summed E-state index contributed by atoms with van der Waals surface area (Å²) in [7, 11) is 0. The van der Waals surface area contributed by atoms with E-state index in [1.54, 1.807) is 12.3 Å². The maximum atomic E-state index is 11.5. The van der Waals surface area contributed by atoms with Crippen LogP contribution in [0.4, 0.5) is 0 Å². The molecule has 0 spiro atoms. The SMILES string of the molecule is N[C@@H](CC(=O)Oc1c[nH]c2ccccc12)C(=O)O. The molecule has 1 aromatic heterocycles. The number of ether oxygens (including phenoxy) is 1. The molecule has 1 aromatic carbocycles. The van der Waals surface area contributed by atoms with Gasteiger partial charge in [-0.2, -0.15) is 0 Å². The number of hydrogen-bond donors (Lipinski definition) is 3. The van der Waals surface area contributed by atoms with Gasteiger partial charge >= 0.3 is 11.9 Å². The average molecular weight is 248 g/mol. The molecule has 6 heteroatoms. The summed E-state index contributed by atoms with van der Waals surface area (Å²) >= 11 is 0. The second-order valence-corrected chi connectivity index (χ2v) is 3.82. The van der Waals surface area contributed by atoms with Crippen LogP contribution in [0, 0.1) is 0 Å². The highest BCUT2D eigenvalue weighted by molar-refractivity contribution is 5.89. The number of fused-ring (bicyclic) bond motifs is 1. The minimum Gasteiger partial charge on any atom is -0.480 e. The summed E-state index contributed by atoms with van der Waals surface area (Å²) in [5.41, 5.74) is 6.09. The van der Waals surface area contributed by atoms with E-state index < -0.39 is 18.0 Å². The fourth-order valence-electron chi connectivity index (χ4n) is 1.56. The minimum atomic E-state index is -1.25. The minimum absolute atomic E-state index is 0.366. The molecule has 0 fully saturated rings. The molecule has 18 heavy (non-hydrogen) atoms. The number of H-pyrrole nitrogens is 1. The van der Waals surface area contributed by atoms with E-state index in [1.165, 1.54) is 0 Å². The molecule has 2 rings (SSSR count). The number of para-hydroxylation sites is 1. The van der Waals surface area contributed by atoms with E-state index in [9.17, 15) is 9.59 Å². The van der Waals surface area contributed by atoms with Gasteiger partial charge in [0.25, 0.3) is 0 Å². The molecule has 0 amide bonds. The fraction of sp³-hybridized carbons (Fsp3) is 0.167. The van der Waals surface area contributed by atoms with Crippen molar-refractivity contribution in [1.29, 1.82) is 0 Å². The van der Waals surface area contributed by atoms with Crippen molar-refractivity contribution in [2.75, 3.05) is 0 Å². The lowest BCUT2D eigenvalue weighted by atomic mass is 10.2. The summed E-state index contributed by atoms with van der Waals surface area (Å²) in [5.74, 6) is -1.53. The first kappa shape index (κ1) is 12.1. The number of carbonyl (C=O) groups excluding carboxylic acids is 1. The van der Waals surface area contributed by atoms with Crippen LogP contribution < -0.4 is 10.5 Å². The molecule has 6 nitrogen and oxygen atoms in total. The van der Waals surface area contributed by atoms with Gasteiger partial charge in [0, 0.05) is 17.1 Å². The first-order valence-corrected chi connectivity index (χ1v) is 5.33. The summed E-state index contributed by atoms with van der Waals surface area (Å²) in [4.78, 5) is 24.9. The van der Waals surface area contributed by atoms with Crippen LogP contribution in [0.15, 0.2) is 30.5 Å². The van der Waals surface area contributed by atoms with Gasteiger partial charge in [-0.05, 0) is 12.1 Å². The average Bonchev–Trinajstić information content (AvgIpc) is 2.72. The van der Waals surface area contributed by atoms with Crippen LogP contribution in [-0.2, 0) is 9.59 Å². The van der Waals surface area contributed by atoms with Gasteiger partial charge in [0.1, 0.15) is 6.04 Å². The van der Waals surface area contributed by atoms with E-state index in [-0.39, 0.29) is 6.42 Å². The van der Waals surface area contributed by atoms with Gasteiger partial charge in [-0.1, -0.05) is 12.1 Å². The molecule has 2 aromatic rings. The Kier molecular flexibility index (Phi) is 3.29. The molecule has 0 unspecified atom stereocenters. The third-order valence-corrected chi connectivity index (χ3v) is 2.48. The number of carboxylic acids is 1. The molecule has 0 radical (unpaired) electrons. The number of aliphatic carboxylic acids is 1. The third kappa shape index (κ3) is 2.49. The summed E-state index contributed by atoms with van der Waals surface area (Å²) in [6, 6.07) is 6.06. The van der Waals surface area contributed by atoms with Gasteiger partial charge in [0.15, 0.2) is 5.75 Å². The van der Waals surface area contributed by atoms with Gasteiger partial charge in [-0.25, -0.2) is 0 Å². The fourth-order valence-corrected chi connectivity index (χ4v) is 1.56. The van der Waals surface area contributed by atoms with Crippen molar-refractivity contribution in [2.45, 2.75) is 12.5 Å². The van der Waals surface area contributed by atoms with E-state index in [0.717, 1.165) is 10.9 Å². The number of carboxylic acid groups (broad SMARTS) is 1. The third-order valence-electron chi connectivity index (χ3n) is 2.48. The van der Waals surface area contributed by atoms with Crippen LogP contribution in [0.2, 0.25) is 0 Å². The van der Waals surface area contributed by atoms with Crippen LogP contribution >= 0.6 is 0 Å². The predicted molar refractivity (Wildman–Crippen MR) is 64.2 cm³/mol. The monoisotopic (exact) mass is 248 g/mol. The first-order valence-electron chi connectivity index (χ1n) is 5.33. The van der Waals surface area contributed by atoms with E-state index in [2.05, 4.69) is 4.98 Å². The molecule has 0 bridgehead atoms. The van der Waals surface area contributed by atoms with E-state index in [0.29, 0.717) is 5.75 Å². The summed E-state index contributed by atoms with van der Waals surface area (Å²) in [6.45, 7) is 0. The summed E-state index contributed by atoms with van der Waals surface area (Å²) in [6.07, 6.45) is 1.18. The van der Waals surface area contributed by atoms with Crippen LogP contribution in [0.5, 0.6) is 5.75 Å². The van der Waals surface area contributed by atoms with Gasteiger partial charge in [-0.15, -0.1) is 0 Å². The Balaban J connectivity index is 2.10. The maximum Gasteiger partial charge on any atom is 0.321 e. The lowest BCUT2D eigenvalue weighted by molar-refractivity contribution is -0.143. The number of benzene rings is 1. The molecular weight excluding hydrogens is 236 g/mol. The Morgan fingerprint density at radius 2 is 2.11 bits per heavy atom. The first-order chi connectivity index (χ1) is 8.58. The number of aromatic nitrogens is 1. The van der Waals surface area contributed by atoms with Gasteiger partial charge in [0.05, 0.1) is 6.42 Å². The highest BCUT2D eigenvalue weighted by Gasteiger charge is 2.18. The Morgan fingerprint density at radius 3 is 2.83 bits per heavy atom. The van der Waals surface area contributed by atoms with Crippen LogP contribution in [-0.4, -0.2) is 28.1 Å². The van der Waals surface area contributed by atoms with Crippen molar-refractivity contribution in [1.82, 2.24) is 4.98 Å². The van der Waals surface area contributed by atoms with Crippen molar-refractivity contribution in [3.8, 4) is 5.75 Å². The number of carbonyl (C=O) groups is 2. The van der Waals surface area contributed by atoms with Gasteiger partial charge in [0.2, 0.25) is 0 Å². The Bertz CT molecular complexity index is 591. The molecule has 1 atom stereocenters. The molecule has 0 saturated heterocycles. The Labute approximate surface area is 102 Å². The van der Waals surface area contributed by atoms with Crippen molar-refractivity contribution in [3.05, 3.63) is 30.5 Å². The topological polar surface area (TPSA) is 105 Å². The van der Waals surface area contributed by atoms with E-state index in [1.807, 2.05) is 18.2 Å². The Morgan fingerprint density at radius 1 is 1.39 bits per heavy atom. The van der Waals surface area contributed by atoms with E-state index >= 15 is 0 Å². The number of rotatable bonds is 4. The maximum absolute atomic E-state index is 11.5. The number of esters is 1. The highest BCUT2D eigenvalue weighted by atomic mass is 16.5. The number of hydrogen-bond acceptors (Lipinski definition) is 4. The predicted octanol–water partition coefficient (Wildman–Crippen LogP) is 0.875. The van der Waals surface area contributed by atoms with E-state index in [4.69, 9.17) is 15.6 Å². The zero-order valence-electron chi connectivity index (χ0n) is 9.42. The van der Waals surface area contributed by atoms with Crippen molar-refractivity contribution in [2.24, 2.45) is 5.73 Å². The van der Waals surface area contributed by atoms with Gasteiger partial charge in [-0.3, -0.25) is 9.59 Å². The second-order valence-electron chi connectivity index (χ2n) is 3.82. The standard InChI is InChI=1S/C12H12N2O4/c13-8(12(16)17)5-11(15)18-10-6-14-9-4-2-1-3-7(9)10/h1-4,6,8,14H,5,13H2,(H,16,17)/t8-/m0/s1. The van der Waals surface area contributed by atoms with Gasteiger partial charge < -0.3 is 20.6 Å². The molecular formula is C12H12N2O4. The zero-order valence-corrected chi connectivity index (χ0v) is 9.42. The molecule has 4 N–H and O–H groups in total. The number of nitrogens with two attached hydrogens (primary N) is 1. The van der Waals surface area contributed by atoms with Crippen molar-refractivity contribution < 1.29 is 19.4 Å². The number of nitrogens with one attached hydrogen (secondary N) is 1. The van der Waals surface area contributed by atoms with Crippen LogP contribution in [0.25, 0.3) is 10.9 Å². The largest absolute Gasteiger partial charge is 0.480 e. The van der Waals surface area contributed by atoms with Crippen molar-refractivity contribution >= 4 is 22.8 Å². The lowest BCUT2D eigenvalue weighted by Crippen LogP contribution is -2.33. The Hall–Kier alpha value is -2.34. The molecule has 0 aliphatic carbocycles. The van der Waals surface area contributed by atoms with Crippen molar-refractivity contribution in [3.63, 3.8) is 0 Å². The molecule has 0 saturated carbocycles. The molecule has 0 aliphatic heterocycles. The molecule has 94 valence electrons. The normalized spacial score (nSPS) is 12.3. The smallest absolute Gasteiger partial charge is 0.321 e. The summed E-state index contributed by atoms with van der Waals surface area (Å²) < 4.78 is 5.07. The highest BCUT2D eigenvalue weighted by Crippen LogP contribution is 2.25. The quantitative estimate of drug-likeness (QED) is 0.696. The number of aromatic amines is 1. The zero-order chi connectivity index (χ0) is 13.1. The lowest BCUT2D eigenvalue weighted by Gasteiger charge is -2.05. The molecule has 0 aliphatic rings. The van der Waals surface area contributed by atoms with Crippen LogP contribution in [0.1, 0.15) is 6.42 Å². The summed E-state index contributed by atoms with van der Waals surface area (Å²) in [5, 5.41) is 9.35. The van der Waals surface area contributed by atoms with Crippen LogP contribution in [0.3, 0.4) is 0 Å². The second kappa shape index (κ2) is 4.89.